The van der Waals surface area contributed by atoms with Gasteiger partial charge in [0.15, 0.2) is 0 Å². The standard InChI is InChI=1S/C35H30F4N4O6/c1-47-29-11-20(7-5-18(29)15-40)43-27-13-23(27)30(14-31(43)35(37,38)39)49-21-8-6-19(25(36)12-21)17-48-28-4-2-3-22-24(28)16-42(34(22)46)26-9-10-32(44)41-33(26)45/h2-8,11-12,23,26-27,30-31H,9-10,13-14,16-17H2,1H3,(H,41,44,45)/t23?,26-,27?,30?,31?/m0/s1. The number of carbonyl (C=O) groups is 3. The number of alkyl halides is 3. The largest absolute Gasteiger partial charge is 0.495 e. The molecule has 4 aliphatic rings. The highest BCUT2D eigenvalue weighted by molar-refractivity contribution is 6.05. The zero-order chi connectivity index (χ0) is 34.6. The Morgan fingerprint density at radius 3 is 2.57 bits per heavy atom. The number of nitrogens with zero attached hydrogens (tertiary/aromatic N) is 3. The molecule has 0 radical (unpaired) electrons. The first kappa shape index (κ1) is 32.2. The van der Waals surface area contributed by atoms with Crippen LogP contribution >= 0.6 is 0 Å². The molecule has 49 heavy (non-hydrogen) atoms. The molecule has 7 rings (SSSR count). The number of benzene rings is 3. The van der Waals surface area contributed by atoms with Gasteiger partial charge in [-0.25, -0.2) is 4.39 Å². The Labute approximate surface area is 278 Å². The van der Waals surface area contributed by atoms with Gasteiger partial charge in [-0.15, -0.1) is 0 Å². The third kappa shape index (κ3) is 5.98. The van der Waals surface area contributed by atoms with E-state index in [0.717, 1.165) is 6.07 Å². The molecule has 3 fully saturated rings. The van der Waals surface area contributed by atoms with E-state index in [-0.39, 0.29) is 72.8 Å². The normalized spacial score (nSPS) is 24.5. The van der Waals surface area contributed by atoms with Gasteiger partial charge in [-0.05, 0) is 49.2 Å². The lowest BCUT2D eigenvalue weighted by Crippen LogP contribution is -2.54. The molecule has 3 heterocycles. The van der Waals surface area contributed by atoms with Crippen molar-refractivity contribution in [2.45, 2.75) is 69.2 Å². The quantitative estimate of drug-likeness (QED) is 0.261. The molecule has 1 N–H and O–H groups in total. The number of halogens is 4. The van der Waals surface area contributed by atoms with E-state index in [1.54, 1.807) is 18.2 Å². The maximum absolute atomic E-state index is 15.3. The van der Waals surface area contributed by atoms with E-state index >= 15 is 4.39 Å². The summed E-state index contributed by atoms with van der Waals surface area (Å²) in [6.07, 6.45) is -4.96. The lowest BCUT2D eigenvalue weighted by atomic mass is 9.97. The van der Waals surface area contributed by atoms with E-state index in [1.807, 2.05) is 6.07 Å². The second kappa shape index (κ2) is 12.3. The monoisotopic (exact) mass is 678 g/mol. The number of rotatable bonds is 8. The minimum atomic E-state index is -4.58. The number of hydrogen-bond donors (Lipinski definition) is 1. The lowest BCUT2D eigenvalue weighted by molar-refractivity contribution is -0.158. The van der Waals surface area contributed by atoms with E-state index < -0.39 is 42.1 Å². The topological polar surface area (TPSA) is 121 Å². The first-order valence-electron chi connectivity index (χ1n) is 15.7. The molecule has 1 aliphatic carbocycles. The van der Waals surface area contributed by atoms with Crippen molar-refractivity contribution < 1.29 is 46.2 Å². The number of fused-ring (bicyclic) bond motifs is 2. The summed E-state index contributed by atoms with van der Waals surface area (Å²) in [6.45, 7) is -0.118. The molecule has 4 unspecified atom stereocenters. The first-order chi connectivity index (χ1) is 23.5. The van der Waals surface area contributed by atoms with Gasteiger partial charge < -0.3 is 24.0 Å². The van der Waals surface area contributed by atoms with E-state index in [9.17, 15) is 32.8 Å². The van der Waals surface area contributed by atoms with Crippen LogP contribution in [-0.2, 0) is 22.7 Å². The molecule has 254 valence electrons. The van der Waals surface area contributed by atoms with Gasteiger partial charge >= 0.3 is 6.18 Å². The molecular weight excluding hydrogens is 648 g/mol. The number of anilines is 1. The van der Waals surface area contributed by atoms with Gasteiger partial charge in [-0.3, -0.25) is 19.7 Å². The second-order valence-electron chi connectivity index (χ2n) is 12.5. The molecule has 3 aliphatic heterocycles. The van der Waals surface area contributed by atoms with Crippen LogP contribution in [0.1, 0.15) is 52.7 Å². The molecule has 3 aromatic rings. The highest BCUT2D eigenvalue weighted by Gasteiger charge is 2.60. The molecule has 2 saturated heterocycles. The SMILES string of the molecule is COc1cc(N2C3CC3C(Oc3ccc(COc4cccc5c4CN([C@H]4CCC(=O)NC4=O)C5=O)c(F)c3)CC2C(F)(F)F)ccc1C#N. The van der Waals surface area contributed by atoms with Crippen LogP contribution in [0.3, 0.4) is 0 Å². The fourth-order valence-corrected chi connectivity index (χ4v) is 7.13. The minimum Gasteiger partial charge on any atom is -0.495 e. The third-order valence-electron chi connectivity index (χ3n) is 9.65. The molecule has 0 bridgehead atoms. The fourth-order valence-electron chi connectivity index (χ4n) is 7.13. The molecule has 14 heteroatoms. The Morgan fingerprint density at radius 1 is 1.04 bits per heavy atom. The van der Waals surface area contributed by atoms with Crippen molar-refractivity contribution in [3.8, 4) is 23.3 Å². The summed E-state index contributed by atoms with van der Waals surface area (Å²) in [5.41, 5.74) is 1.58. The Bertz CT molecular complexity index is 1890. The fraction of sp³-hybridized carbons (Fsp3) is 0.371. The van der Waals surface area contributed by atoms with Crippen LogP contribution in [0.2, 0.25) is 0 Å². The smallest absolute Gasteiger partial charge is 0.408 e. The number of hydrogen-bond acceptors (Lipinski definition) is 8. The molecule has 5 atom stereocenters. The number of carbonyl (C=O) groups excluding carboxylic acids is 3. The maximum atomic E-state index is 15.3. The van der Waals surface area contributed by atoms with Crippen molar-refractivity contribution in [3.05, 3.63) is 82.7 Å². The average Bonchev–Trinajstić information content (AvgIpc) is 3.81. The van der Waals surface area contributed by atoms with Crippen LogP contribution in [0.15, 0.2) is 54.6 Å². The Balaban J connectivity index is 1.02. The van der Waals surface area contributed by atoms with Crippen molar-refractivity contribution in [2.24, 2.45) is 5.92 Å². The average molecular weight is 679 g/mol. The van der Waals surface area contributed by atoms with Crippen LogP contribution < -0.4 is 24.4 Å². The van der Waals surface area contributed by atoms with Gasteiger partial charge in [-0.2, -0.15) is 18.4 Å². The molecule has 3 aromatic carbocycles. The van der Waals surface area contributed by atoms with Crippen molar-refractivity contribution >= 4 is 23.4 Å². The molecular formula is C35H30F4N4O6. The van der Waals surface area contributed by atoms with Crippen LogP contribution in [0, 0.1) is 23.1 Å². The number of methoxy groups -OCH3 is 1. The Morgan fingerprint density at radius 2 is 1.86 bits per heavy atom. The Hall–Kier alpha value is -5.32. The van der Waals surface area contributed by atoms with Crippen LogP contribution in [0.4, 0.5) is 23.2 Å². The Kier molecular flexibility index (Phi) is 8.08. The summed E-state index contributed by atoms with van der Waals surface area (Å²) < 4.78 is 75.6. The number of imide groups is 1. The summed E-state index contributed by atoms with van der Waals surface area (Å²) in [4.78, 5) is 39.8. The molecule has 0 aromatic heterocycles. The minimum absolute atomic E-state index is 0.0878. The molecule has 0 spiro atoms. The highest BCUT2D eigenvalue weighted by atomic mass is 19.4. The number of amides is 3. The van der Waals surface area contributed by atoms with Gasteiger partial charge in [0.1, 0.15) is 53.9 Å². The third-order valence-corrected chi connectivity index (χ3v) is 9.65. The van der Waals surface area contributed by atoms with Gasteiger partial charge in [0.2, 0.25) is 11.8 Å². The second-order valence-corrected chi connectivity index (χ2v) is 12.5. The zero-order valence-corrected chi connectivity index (χ0v) is 26.1. The van der Waals surface area contributed by atoms with Crippen LogP contribution in [0.5, 0.6) is 17.2 Å². The lowest BCUT2D eigenvalue weighted by Gasteiger charge is -2.41. The van der Waals surface area contributed by atoms with Gasteiger partial charge in [0.05, 0.1) is 19.2 Å². The van der Waals surface area contributed by atoms with Crippen molar-refractivity contribution in [3.63, 3.8) is 0 Å². The zero-order valence-electron chi connectivity index (χ0n) is 26.1. The summed E-state index contributed by atoms with van der Waals surface area (Å²) in [7, 11) is 1.35. The highest BCUT2D eigenvalue weighted by Crippen LogP contribution is 2.52. The van der Waals surface area contributed by atoms with Crippen molar-refractivity contribution in [2.75, 3.05) is 12.0 Å². The van der Waals surface area contributed by atoms with E-state index in [1.165, 1.54) is 47.2 Å². The van der Waals surface area contributed by atoms with Crippen molar-refractivity contribution in [1.82, 2.24) is 10.2 Å². The number of piperidine rings is 2. The molecule has 3 amide bonds. The summed E-state index contributed by atoms with van der Waals surface area (Å²) in [5.74, 6) is -1.55. The van der Waals surface area contributed by atoms with Gasteiger partial charge in [0.25, 0.3) is 5.91 Å². The molecule has 1 saturated carbocycles. The predicted octanol–water partition coefficient (Wildman–Crippen LogP) is 5.02. The number of nitriles is 1. The van der Waals surface area contributed by atoms with Gasteiger partial charge in [0, 0.05) is 59.3 Å². The number of ether oxygens (including phenoxy) is 3. The summed E-state index contributed by atoms with van der Waals surface area (Å²) in [6, 6.07) is 12.2. The van der Waals surface area contributed by atoms with E-state index in [0.29, 0.717) is 29.0 Å². The van der Waals surface area contributed by atoms with Crippen LogP contribution in [0.25, 0.3) is 0 Å². The first-order valence-corrected chi connectivity index (χ1v) is 15.7. The van der Waals surface area contributed by atoms with Crippen molar-refractivity contribution in [1.29, 1.82) is 5.26 Å². The van der Waals surface area contributed by atoms with Gasteiger partial charge in [-0.1, -0.05) is 6.07 Å². The maximum Gasteiger partial charge on any atom is 0.408 e. The predicted molar refractivity (Wildman–Crippen MR) is 164 cm³/mol. The van der Waals surface area contributed by atoms with E-state index in [2.05, 4.69) is 5.32 Å². The summed E-state index contributed by atoms with van der Waals surface area (Å²) in [5, 5.41) is 11.5. The molecule has 10 nitrogen and oxygen atoms in total. The van der Waals surface area contributed by atoms with E-state index in [4.69, 9.17) is 14.2 Å². The summed E-state index contributed by atoms with van der Waals surface area (Å²) >= 11 is 0. The number of nitrogens with one attached hydrogen (secondary N) is 1. The van der Waals surface area contributed by atoms with Crippen LogP contribution in [-0.4, -0.2) is 60.1 Å².